The lowest BCUT2D eigenvalue weighted by Crippen LogP contribution is -2.07. The smallest absolute Gasteiger partial charge is 0.210 e. The van der Waals surface area contributed by atoms with Gasteiger partial charge in [0.2, 0.25) is 9.84 Å². The van der Waals surface area contributed by atoms with E-state index in [9.17, 15) is 8.42 Å². The summed E-state index contributed by atoms with van der Waals surface area (Å²) in [6, 6.07) is 22.2. The summed E-state index contributed by atoms with van der Waals surface area (Å²) in [4.78, 5) is 4.80. The van der Waals surface area contributed by atoms with Gasteiger partial charge in [0.25, 0.3) is 0 Å². The van der Waals surface area contributed by atoms with Gasteiger partial charge in [0.15, 0.2) is 0 Å². The van der Waals surface area contributed by atoms with Crippen LogP contribution >= 0.6 is 0 Å². The number of benzene rings is 3. The molecule has 0 saturated carbocycles. The summed E-state index contributed by atoms with van der Waals surface area (Å²) in [5.74, 6) is 0. The number of sulfone groups is 1. The molecule has 0 aliphatic rings. The zero-order chi connectivity index (χ0) is 19.7. The van der Waals surface area contributed by atoms with Crippen LogP contribution in [-0.2, 0) is 9.84 Å². The molecule has 0 unspecified atom stereocenters. The Labute approximate surface area is 164 Å². The molecule has 140 valence electrons. The fourth-order valence-electron chi connectivity index (χ4n) is 3.08. The SMILES string of the molecule is Cc1ccc(Nc2c(S(=O)(=O)c3ccc(C)cc3)cnc3ccccc23)cc1. The number of anilines is 2. The molecule has 0 spiro atoms. The molecule has 0 bridgehead atoms. The van der Waals surface area contributed by atoms with Gasteiger partial charge >= 0.3 is 0 Å². The highest BCUT2D eigenvalue weighted by Gasteiger charge is 2.24. The van der Waals surface area contributed by atoms with Crippen LogP contribution in [0, 0.1) is 13.8 Å². The molecule has 0 saturated heterocycles. The van der Waals surface area contributed by atoms with Crippen LogP contribution in [0.2, 0.25) is 0 Å². The highest BCUT2D eigenvalue weighted by atomic mass is 32.2. The van der Waals surface area contributed by atoms with Gasteiger partial charge in [-0.25, -0.2) is 8.42 Å². The van der Waals surface area contributed by atoms with Crippen LogP contribution in [0.4, 0.5) is 11.4 Å². The minimum atomic E-state index is -3.73. The van der Waals surface area contributed by atoms with Crippen LogP contribution in [0.5, 0.6) is 0 Å². The van der Waals surface area contributed by atoms with Gasteiger partial charge in [-0.15, -0.1) is 0 Å². The minimum absolute atomic E-state index is 0.163. The summed E-state index contributed by atoms with van der Waals surface area (Å²) < 4.78 is 26.7. The van der Waals surface area contributed by atoms with Crippen LogP contribution in [0.1, 0.15) is 11.1 Å². The number of para-hydroxylation sites is 1. The number of aromatic nitrogens is 1. The van der Waals surface area contributed by atoms with Gasteiger partial charge in [-0.2, -0.15) is 0 Å². The summed E-state index contributed by atoms with van der Waals surface area (Å²) in [5, 5.41) is 4.07. The molecule has 5 heteroatoms. The average Bonchev–Trinajstić information content (AvgIpc) is 2.70. The van der Waals surface area contributed by atoms with Gasteiger partial charge in [-0.3, -0.25) is 4.98 Å². The van der Waals surface area contributed by atoms with E-state index in [-0.39, 0.29) is 9.79 Å². The van der Waals surface area contributed by atoms with E-state index >= 15 is 0 Å². The van der Waals surface area contributed by atoms with E-state index in [4.69, 9.17) is 0 Å². The highest BCUT2D eigenvalue weighted by molar-refractivity contribution is 7.91. The first-order chi connectivity index (χ1) is 13.4. The van der Waals surface area contributed by atoms with Crippen LogP contribution in [0.15, 0.2) is 88.8 Å². The van der Waals surface area contributed by atoms with E-state index in [1.807, 2.05) is 62.4 Å². The number of hydrogen-bond acceptors (Lipinski definition) is 4. The molecule has 1 N–H and O–H groups in total. The first-order valence-electron chi connectivity index (χ1n) is 8.98. The molecule has 0 aliphatic heterocycles. The molecular formula is C23H20N2O2S. The van der Waals surface area contributed by atoms with Gasteiger partial charge in [0, 0.05) is 17.3 Å². The lowest BCUT2D eigenvalue weighted by atomic mass is 10.1. The molecule has 28 heavy (non-hydrogen) atoms. The van der Waals surface area contributed by atoms with Crippen molar-refractivity contribution in [3.63, 3.8) is 0 Å². The van der Waals surface area contributed by atoms with E-state index in [2.05, 4.69) is 10.3 Å². The molecule has 0 atom stereocenters. The summed E-state index contributed by atoms with van der Waals surface area (Å²) in [5.41, 5.74) is 4.24. The molecule has 4 nitrogen and oxygen atoms in total. The Balaban J connectivity index is 1.92. The Morgan fingerprint density at radius 1 is 0.786 bits per heavy atom. The Hall–Kier alpha value is -3.18. The van der Waals surface area contributed by atoms with E-state index in [1.165, 1.54) is 6.20 Å². The third-order valence-electron chi connectivity index (χ3n) is 4.68. The predicted molar refractivity (Wildman–Crippen MR) is 113 cm³/mol. The van der Waals surface area contributed by atoms with Crippen molar-refractivity contribution in [2.24, 2.45) is 0 Å². The van der Waals surface area contributed by atoms with Crippen molar-refractivity contribution >= 4 is 32.1 Å². The lowest BCUT2D eigenvalue weighted by Gasteiger charge is -2.15. The molecule has 0 radical (unpaired) electrons. The highest BCUT2D eigenvalue weighted by Crippen LogP contribution is 2.35. The third-order valence-corrected chi connectivity index (χ3v) is 6.46. The zero-order valence-electron chi connectivity index (χ0n) is 15.7. The Kier molecular flexibility index (Phi) is 4.61. The maximum Gasteiger partial charge on any atom is 0.210 e. The van der Waals surface area contributed by atoms with Crippen LogP contribution in [-0.4, -0.2) is 13.4 Å². The van der Waals surface area contributed by atoms with Crippen molar-refractivity contribution in [3.8, 4) is 0 Å². The van der Waals surface area contributed by atoms with Crippen molar-refractivity contribution in [2.75, 3.05) is 5.32 Å². The molecule has 1 aromatic heterocycles. The first-order valence-corrected chi connectivity index (χ1v) is 10.5. The van der Waals surface area contributed by atoms with Gasteiger partial charge in [0.1, 0.15) is 4.90 Å². The number of pyridine rings is 1. The maximum atomic E-state index is 13.4. The number of fused-ring (bicyclic) bond motifs is 1. The van der Waals surface area contributed by atoms with Crippen molar-refractivity contribution in [1.82, 2.24) is 4.98 Å². The number of rotatable bonds is 4. The van der Waals surface area contributed by atoms with Crippen molar-refractivity contribution in [1.29, 1.82) is 0 Å². The second-order valence-electron chi connectivity index (χ2n) is 6.82. The second kappa shape index (κ2) is 7.09. The first kappa shape index (κ1) is 18.2. The molecule has 0 aliphatic carbocycles. The molecule has 1 heterocycles. The topological polar surface area (TPSA) is 59.1 Å². The van der Waals surface area contributed by atoms with Gasteiger partial charge in [-0.1, -0.05) is 53.6 Å². The van der Waals surface area contributed by atoms with Crippen LogP contribution < -0.4 is 5.32 Å². The molecule has 3 aromatic carbocycles. The normalized spacial score (nSPS) is 11.5. The fourth-order valence-corrected chi connectivity index (χ4v) is 4.45. The van der Waals surface area contributed by atoms with Crippen LogP contribution in [0.25, 0.3) is 10.9 Å². The average molecular weight is 388 g/mol. The van der Waals surface area contributed by atoms with E-state index < -0.39 is 9.84 Å². The quantitative estimate of drug-likeness (QED) is 0.506. The molecule has 4 rings (SSSR count). The molecule has 4 aromatic rings. The van der Waals surface area contributed by atoms with Crippen molar-refractivity contribution < 1.29 is 8.42 Å². The molecule has 0 amide bonds. The van der Waals surface area contributed by atoms with Crippen molar-refractivity contribution in [3.05, 3.63) is 90.1 Å². The second-order valence-corrected chi connectivity index (χ2v) is 8.74. The number of aryl methyl sites for hydroxylation is 2. The molecular weight excluding hydrogens is 368 g/mol. The Bertz CT molecular complexity index is 1250. The third kappa shape index (κ3) is 3.37. The Morgan fingerprint density at radius 3 is 2.07 bits per heavy atom. The monoisotopic (exact) mass is 388 g/mol. The van der Waals surface area contributed by atoms with Crippen LogP contribution in [0.3, 0.4) is 0 Å². The number of nitrogens with zero attached hydrogens (tertiary/aromatic N) is 1. The Morgan fingerprint density at radius 2 is 1.39 bits per heavy atom. The van der Waals surface area contributed by atoms with Gasteiger partial charge in [0.05, 0.1) is 16.1 Å². The van der Waals surface area contributed by atoms with Crippen molar-refractivity contribution in [2.45, 2.75) is 23.6 Å². The zero-order valence-corrected chi connectivity index (χ0v) is 16.5. The number of nitrogens with one attached hydrogen (secondary N) is 1. The summed E-state index contributed by atoms with van der Waals surface area (Å²) in [6.07, 6.45) is 1.44. The predicted octanol–water partition coefficient (Wildman–Crippen LogP) is 5.43. The minimum Gasteiger partial charge on any atom is -0.354 e. The van der Waals surface area contributed by atoms with Gasteiger partial charge < -0.3 is 5.32 Å². The number of hydrogen-bond donors (Lipinski definition) is 1. The largest absolute Gasteiger partial charge is 0.354 e. The fraction of sp³-hybridized carbons (Fsp3) is 0.0870. The van der Waals surface area contributed by atoms with E-state index in [1.54, 1.807) is 24.3 Å². The molecule has 0 fully saturated rings. The standard InChI is InChI=1S/C23H20N2O2S/c1-16-7-11-18(12-8-16)25-23-20-5-3-4-6-21(20)24-15-22(23)28(26,27)19-13-9-17(2)10-14-19/h3-15H,1-2H3,(H,24,25). The summed E-state index contributed by atoms with van der Waals surface area (Å²) >= 11 is 0. The lowest BCUT2D eigenvalue weighted by molar-refractivity contribution is 0.596. The summed E-state index contributed by atoms with van der Waals surface area (Å²) in [6.45, 7) is 3.94. The van der Waals surface area contributed by atoms with E-state index in [0.29, 0.717) is 5.69 Å². The summed E-state index contributed by atoms with van der Waals surface area (Å²) in [7, 11) is -3.73. The van der Waals surface area contributed by atoms with Gasteiger partial charge in [-0.05, 0) is 44.2 Å². The maximum absolute atomic E-state index is 13.4. The van der Waals surface area contributed by atoms with E-state index in [0.717, 1.165) is 27.7 Å².